The molecular weight excluding hydrogens is 372 g/mol. The Kier molecular flexibility index (Phi) is 6.54. The number of nitrogens with one attached hydrogen (secondary N) is 2. The molecule has 2 aliphatic heterocycles. The van der Waals surface area contributed by atoms with Gasteiger partial charge in [-0.2, -0.15) is 0 Å². The number of benzene rings is 1. The summed E-state index contributed by atoms with van der Waals surface area (Å²) < 4.78 is 5.46. The zero-order valence-corrected chi connectivity index (χ0v) is 17.4. The van der Waals surface area contributed by atoms with E-state index in [2.05, 4.69) is 39.8 Å². The first-order valence-electron chi connectivity index (χ1n) is 10.1. The molecule has 1 aromatic rings. The minimum Gasteiger partial charge on any atom is -0.379 e. The van der Waals surface area contributed by atoms with E-state index >= 15 is 0 Å². The molecule has 2 aliphatic rings. The summed E-state index contributed by atoms with van der Waals surface area (Å²) in [6.07, 6.45) is 0.474. The summed E-state index contributed by atoms with van der Waals surface area (Å²) in [5, 5.41) is 5.58. The van der Waals surface area contributed by atoms with Crippen molar-refractivity contribution in [3.05, 3.63) is 35.4 Å². The third-order valence-corrected chi connectivity index (χ3v) is 5.80. The van der Waals surface area contributed by atoms with Gasteiger partial charge in [0.25, 0.3) is 5.91 Å². The Hall–Kier alpha value is -2.45. The second kappa shape index (κ2) is 8.92. The minimum atomic E-state index is -0.935. The predicted octanol–water partition coefficient (Wildman–Crippen LogP) is 1.21. The van der Waals surface area contributed by atoms with E-state index < -0.39 is 11.6 Å². The number of amides is 4. The molecule has 8 nitrogen and oxygen atoms in total. The molecule has 3 rings (SSSR count). The maximum absolute atomic E-state index is 12.5. The number of hydrogen-bond donors (Lipinski definition) is 2. The molecule has 2 fully saturated rings. The fourth-order valence-electron chi connectivity index (χ4n) is 3.68. The number of hydrogen-bond acceptors (Lipinski definition) is 5. The van der Waals surface area contributed by atoms with Crippen molar-refractivity contribution in [3.8, 4) is 0 Å². The van der Waals surface area contributed by atoms with E-state index in [1.807, 2.05) is 13.8 Å². The second-order valence-corrected chi connectivity index (χ2v) is 7.89. The molecule has 4 amide bonds. The molecule has 0 unspecified atom stereocenters. The van der Waals surface area contributed by atoms with Crippen molar-refractivity contribution in [3.63, 3.8) is 0 Å². The van der Waals surface area contributed by atoms with Crippen LogP contribution in [0, 0.1) is 6.92 Å². The van der Waals surface area contributed by atoms with Gasteiger partial charge in [0, 0.05) is 19.6 Å². The summed E-state index contributed by atoms with van der Waals surface area (Å²) >= 11 is 0. The van der Waals surface area contributed by atoms with Gasteiger partial charge in [-0.25, -0.2) is 4.79 Å². The SMILES string of the molecule is CC[C@]1(C)NC(=O)N(CC(=O)NC[C@H](c2ccc(C)cc2)N2CCOCC2)C1=O. The van der Waals surface area contributed by atoms with Crippen molar-refractivity contribution >= 4 is 17.8 Å². The zero-order valence-electron chi connectivity index (χ0n) is 17.4. The average molecular weight is 402 g/mol. The van der Waals surface area contributed by atoms with Crippen LogP contribution in [0.25, 0.3) is 0 Å². The van der Waals surface area contributed by atoms with Crippen LogP contribution < -0.4 is 10.6 Å². The van der Waals surface area contributed by atoms with Gasteiger partial charge in [-0.05, 0) is 25.8 Å². The number of nitrogens with zero attached hydrogens (tertiary/aromatic N) is 2. The summed E-state index contributed by atoms with van der Waals surface area (Å²) in [4.78, 5) is 40.4. The number of rotatable bonds is 7. The van der Waals surface area contributed by atoms with Crippen LogP contribution in [0.5, 0.6) is 0 Å². The lowest BCUT2D eigenvalue weighted by molar-refractivity contribution is -0.134. The lowest BCUT2D eigenvalue weighted by Gasteiger charge is -2.35. The highest BCUT2D eigenvalue weighted by molar-refractivity contribution is 6.08. The third-order valence-electron chi connectivity index (χ3n) is 5.80. The van der Waals surface area contributed by atoms with Gasteiger partial charge in [0.15, 0.2) is 0 Å². The van der Waals surface area contributed by atoms with E-state index in [1.165, 1.54) is 5.56 Å². The number of ether oxygens (including phenoxy) is 1. The van der Waals surface area contributed by atoms with Crippen molar-refractivity contribution in [2.45, 2.75) is 38.8 Å². The van der Waals surface area contributed by atoms with Crippen molar-refractivity contribution in [1.29, 1.82) is 0 Å². The Labute approximate surface area is 171 Å². The second-order valence-electron chi connectivity index (χ2n) is 7.89. The molecule has 0 spiro atoms. The largest absolute Gasteiger partial charge is 0.379 e. The molecule has 8 heteroatoms. The first-order valence-corrected chi connectivity index (χ1v) is 10.1. The van der Waals surface area contributed by atoms with Crippen LogP contribution in [-0.4, -0.2) is 72.6 Å². The summed E-state index contributed by atoms with van der Waals surface area (Å²) in [7, 11) is 0. The van der Waals surface area contributed by atoms with Gasteiger partial charge in [0.1, 0.15) is 12.1 Å². The molecule has 2 N–H and O–H groups in total. The highest BCUT2D eigenvalue weighted by atomic mass is 16.5. The van der Waals surface area contributed by atoms with Gasteiger partial charge in [0.05, 0.1) is 19.3 Å². The molecule has 2 heterocycles. The first-order chi connectivity index (χ1) is 13.8. The lowest BCUT2D eigenvalue weighted by atomic mass is 9.99. The van der Waals surface area contributed by atoms with Crippen molar-refractivity contribution in [2.75, 3.05) is 39.4 Å². The molecule has 0 bridgehead atoms. The molecule has 0 aliphatic carbocycles. The van der Waals surface area contributed by atoms with E-state index in [4.69, 9.17) is 4.74 Å². The normalized spacial score (nSPS) is 23.8. The quantitative estimate of drug-likeness (QED) is 0.669. The molecule has 158 valence electrons. The highest BCUT2D eigenvalue weighted by Crippen LogP contribution is 2.23. The number of morpholine rings is 1. The van der Waals surface area contributed by atoms with E-state index in [0.29, 0.717) is 26.2 Å². The molecule has 0 aromatic heterocycles. The molecule has 0 radical (unpaired) electrons. The zero-order chi connectivity index (χ0) is 21.0. The van der Waals surface area contributed by atoms with Crippen LogP contribution in [0.15, 0.2) is 24.3 Å². The molecule has 2 saturated heterocycles. The highest BCUT2D eigenvalue weighted by Gasteiger charge is 2.47. The average Bonchev–Trinajstić information content (AvgIpc) is 2.94. The Balaban J connectivity index is 1.64. The van der Waals surface area contributed by atoms with Crippen molar-refractivity contribution in [1.82, 2.24) is 20.4 Å². The first kappa shape index (κ1) is 21.3. The fourth-order valence-corrected chi connectivity index (χ4v) is 3.68. The van der Waals surface area contributed by atoms with Gasteiger partial charge in [0.2, 0.25) is 5.91 Å². The monoisotopic (exact) mass is 402 g/mol. The van der Waals surface area contributed by atoms with Gasteiger partial charge < -0.3 is 15.4 Å². The Morgan fingerprint density at radius 2 is 1.90 bits per heavy atom. The number of carbonyl (C=O) groups excluding carboxylic acids is 3. The fraction of sp³-hybridized carbons (Fsp3) is 0.571. The number of aryl methyl sites for hydroxylation is 1. The maximum atomic E-state index is 12.5. The molecule has 0 saturated carbocycles. The number of imide groups is 1. The lowest BCUT2D eigenvalue weighted by Crippen LogP contribution is -2.47. The number of urea groups is 1. The molecule has 29 heavy (non-hydrogen) atoms. The summed E-state index contributed by atoms with van der Waals surface area (Å²) in [6, 6.07) is 7.76. The summed E-state index contributed by atoms with van der Waals surface area (Å²) in [5.41, 5.74) is 1.36. The van der Waals surface area contributed by atoms with Crippen LogP contribution >= 0.6 is 0 Å². The number of carbonyl (C=O) groups is 3. The van der Waals surface area contributed by atoms with E-state index in [0.717, 1.165) is 23.6 Å². The van der Waals surface area contributed by atoms with Crippen LogP contribution in [-0.2, 0) is 14.3 Å². The molecular formula is C21H30N4O4. The summed E-state index contributed by atoms with van der Waals surface area (Å²) in [6.45, 7) is 8.57. The van der Waals surface area contributed by atoms with Gasteiger partial charge >= 0.3 is 6.03 Å². The molecule has 1 aromatic carbocycles. The predicted molar refractivity (Wildman–Crippen MR) is 108 cm³/mol. The summed E-state index contributed by atoms with van der Waals surface area (Å²) in [5.74, 6) is -0.706. The van der Waals surface area contributed by atoms with Crippen LogP contribution in [0.1, 0.15) is 37.4 Å². The van der Waals surface area contributed by atoms with Gasteiger partial charge in [-0.15, -0.1) is 0 Å². The Bertz CT molecular complexity index is 760. The van der Waals surface area contributed by atoms with Crippen LogP contribution in [0.4, 0.5) is 4.79 Å². The van der Waals surface area contributed by atoms with Crippen molar-refractivity contribution in [2.24, 2.45) is 0 Å². The minimum absolute atomic E-state index is 0.00691. The Morgan fingerprint density at radius 3 is 2.48 bits per heavy atom. The molecule has 2 atom stereocenters. The van der Waals surface area contributed by atoms with Crippen molar-refractivity contribution < 1.29 is 19.1 Å². The third kappa shape index (κ3) is 4.76. The van der Waals surface area contributed by atoms with Crippen LogP contribution in [0.2, 0.25) is 0 Å². The Morgan fingerprint density at radius 1 is 1.24 bits per heavy atom. The topological polar surface area (TPSA) is 91.0 Å². The maximum Gasteiger partial charge on any atom is 0.325 e. The van der Waals surface area contributed by atoms with Crippen LogP contribution in [0.3, 0.4) is 0 Å². The smallest absolute Gasteiger partial charge is 0.325 e. The van der Waals surface area contributed by atoms with E-state index in [1.54, 1.807) is 6.92 Å². The van der Waals surface area contributed by atoms with Gasteiger partial charge in [-0.3, -0.25) is 19.4 Å². The van der Waals surface area contributed by atoms with E-state index in [9.17, 15) is 14.4 Å². The van der Waals surface area contributed by atoms with E-state index in [-0.39, 0.29) is 24.4 Å². The standard InChI is InChI=1S/C21H30N4O4/c1-4-21(3)19(27)25(20(28)23-21)14-18(26)22-13-17(24-9-11-29-12-10-24)16-7-5-15(2)6-8-16/h5-8,17H,4,9-14H2,1-3H3,(H,22,26)(H,23,28)/t17-,21+/m1/s1. The van der Waals surface area contributed by atoms with Gasteiger partial charge in [-0.1, -0.05) is 36.8 Å².